The predicted octanol–water partition coefficient (Wildman–Crippen LogP) is 2.43. The molecule has 24 heavy (non-hydrogen) atoms. The summed E-state index contributed by atoms with van der Waals surface area (Å²) in [6.07, 6.45) is 0. The Balaban J connectivity index is 2.02. The third-order valence-electron chi connectivity index (χ3n) is 2.98. The molecule has 0 atom stereocenters. The summed E-state index contributed by atoms with van der Waals surface area (Å²) in [5.41, 5.74) is 0.705. The number of nitrogens with one attached hydrogen (secondary N) is 1. The summed E-state index contributed by atoms with van der Waals surface area (Å²) in [7, 11) is 2.71. The Bertz CT molecular complexity index is 794. The summed E-state index contributed by atoms with van der Waals surface area (Å²) < 4.78 is 15.2. The summed E-state index contributed by atoms with van der Waals surface area (Å²) >= 11 is 1.25. The maximum atomic E-state index is 11.9. The van der Waals surface area contributed by atoms with Gasteiger partial charge in [-0.1, -0.05) is 0 Å². The van der Waals surface area contributed by atoms with Crippen LogP contribution in [-0.4, -0.2) is 32.7 Å². The standard InChI is InChI=1S/C16H14N2O5S/c1-21-13-7-10(16(20)22-2)3-4-12(13)23-9-14(19)18-15-11(8-17)5-6-24-15/h3-7H,9H2,1-2H3,(H,18,19). The lowest BCUT2D eigenvalue weighted by Gasteiger charge is -2.11. The zero-order valence-corrected chi connectivity index (χ0v) is 13.8. The molecule has 2 rings (SSSR count). The van der Waals surface area contributed by atoms with Crippen LogP contribution in [0.4, 0.5) is 5.00 Å². The topological polar surface area (TPSA) is 97.6 Å². The Labute approximate surface area is 142 Å². The fourth-order valence-corrected chi connectivity index (χ4v) is 2.59. The van der Waals surface area contributed by atoms with Gasteiger partial charge in [0, 0.05) is 0 Å². The second kappa shape index (κ2) is 7.99. The van der Waals surface area contributed by atoms with E-state index in [1.165, 1.54) is 43.8 Å². The van der Waals surface area contributed by atoms with Crippen molar-refractivity contribution in [3.8, 4) is 17.6 Å². The molecule has 0 aliphatic rings. The number of carbonyl (C=O) groups is 2. The Hall–Kier alpha value is -3.05. The molecule has 1 aromatic heterocycles. The number of rotatable bonds is 6. The van der Waals surface area contributed by atoms with E-state index in [0.717, 1.165) is 0 Å². The average Bonchev–Trinajstić information content (AvgIpc) is 3.06. The molecule has 0 saturated carbocycles. The van der Waals surface area contributed by atoms with Gasteiger partial charge in [0.2, 0.25) is 0 Å². The van der Waals surface area contributed by atoms with E-state index < -0.39 is 11.9 Å². The highest BCUT2D eigenvalue weighted by molar-refractivity contribution is 7.14. The number of nitriles is 1. The molecule has 1 amide bonds. The SMILES string of the molecule is COC(=O)c1ccc(OCC(=O)Nc2sccc2C#N)c(OC)c1. The number of hydrogen-bond donors (Lipinski definition) is 1. The Kier molecular flexibility index (Phi) is 5.76. The van der Waals surface area contributed by atoms with E-state index in [0.29, 0.717) is 27.6 Å². The first-order valence-corrected chi connectivity index (χ1v) is 7.63. The van der Waals surface area contributed by atoms with E-state index in [-0.39, 0.29) is 6.61 Å². The van der Waals surface area contributed by atoms with Gasteiger partial charge < -0.3 is 19.5 Å². The van der Waals surface area contributed by atoms with Crippen molar-refractivity contribution in [1.29, 1.82) is 5.26 Å². The molecular formula is C16H14N2O5S. The van der Waals surface area contributed by atoms with Crippen molar-refractivity contribution in [2.24, 2.45) is 0 Å². The molecule has 1 aromatic carbocycles. The zero-order valence-electron chi connectivity index (χ0n) is 13.0. The fraction of sp³-hybridized carbons (Fsp3) is 0.188. The van der Waals surface area contributed by atoms with E-state index in [1.807, 2.05) is 6.07 Å². The van der Waals surface area contributed by atoms with Crippen LogP contribution in [0.15, 0.2) is 29.6 Å². The van der Waals surface area contributed by atoms with Crippen LogP contribution >= 0.6 is 11.3 Å². The van der Waals surface area contributed by atoms with Crippen molar-refractivity contribution in [3.63, 3.8) is 0 Å². The highest BCUT2D eigenvalue weighted by Crippen LogP contribution is 2.28. The number of amides is 1. The average molecular weight is 346 g/mol. The van der Waals surface area contributed by atoms with E-state index in [1.54, 1.807) is 11.4 Å². The first-order valence-electron chi connectivity index (χ1n) is 6.75. The molecule has 7 nitrogen and oxygen atoms in total. The zero-order chi connectivity index (χ0) is 17.5. The molecule has 0 fully saturated rings. The maximum Gasteiger partial charge on any atom is 0.337 e. The fourth-order valence-electron chi connectivity index (χ4n) is 1.83. The largest absolute Gasteiger partial charge is 0.493 e. The minimum Gasteiger partial charge on any atom is -0.493 e. The van der Waals surface area contributed by atoms with Crippen molar-refractivity contribution < 1.29 is 23.8 Å². The minimum absolute atomic E-state index is 0.267. The van der Waals surface area contributed by atoms with Crippen LogP contribution in [0.1, 0.15) is 15.9 Å². The van der Waals surface area contributed by atoms with Crippen molar-refractivity contribution >= 4 is 28.2 Å². The summed E-state index contributed by atoms with van der Waals surface area (Å²) in [4.78, 5) is 23.4. The first kappa shape index (κ1) is 17.3. The van der Waals surface area contributed by atoms with Crippen molar-refractivity contribution in [2.75, 3.05) is 26.1 Å². The van der Waals surface area contributed by atoms with Gasteiger partial charge in [-0.25, -0.2) is 4.79 Å². The number of nitrogens with zero attached hydrogens (tertiary/aromatic N) is 1. The molecule has 0 spiro atoms. The van der Waals surface area contributed by atoms with Crippen LogP contribution < -0.4 is 14.8 Å². The molecule has 0 unspecified atom stereocenters. The lowest BCUT2D eigenvalue weighted by atomic mass is 10.2. The van der Waals surface area contributed by atoms with Gasteiger partial charge in [0.05, 0.1) is 25.3 Å². The number of thiophene rings is 1. The number of benzene rings is 1. The van der Waals surface area contributed by atoms with Crippen molar-refractivity contribution in [1.82, 2.24) is 0 Å². The monoisotopic (exact) mass is 346 g/mol. The summed E-state index contributed by atoms with van der Waals surface area (Å²) in [6, 6.07) is 8.10. The van der Waals surface area contributed by atoms with Crippen LogP contribution in [-0.2, 0) is 9.53 Å². The number of ether oxygens (including phenoxy) is 3. The normalized spacial score (nSPS) is 9.71. The van der Waals surface area contributed by atoms with Crippen LogP contribution in [0.3, 0.4) is 0 Å². The van der Waals surface area contributed by atoms with Crippen molar-refractivity contribution in [3.05, 3.63) is 40.8 Å². The van der Waals surface area contributed by atoms with E-state index in [9.17, 15) is 9.59 Å². The predicted molar refractivity (Wildman–Crippen MR) is 87.5 cm³/mol. The third-order valence-corrected chi connectivity index (χ3v) is 3.81. The maximum absolute atomic E-state index is 11.9. The van der Waals surface area contributed by atoms with E-state index >= 15 is 0 Å². The quantitative estimate of drug-likeness (QED) is 0.807. The molecule has 0 bridgehead atoms. The molecule has 0 aliphatic heterocycles. The van der Waals surface area contributed by atoms with Crippen LogP contribution in [0, 0.1) is 11.3 Å². The second-order valence-electron chi connectivity index (χ2n) is 4.47. The van der Waals surface area contributed by atoms with Gasteiger partial charge in [-0.3, -0.25) is 4.79 Å². The van der Waals surface area contributed by atoms with Crippen LogP contribution in [0.25, 0.3) is 0 Å². The number of methoxy groups -OCH3 is 2. The number of hydrogen-bond acceptors (Lipinski definition) is 7. The Morgan fingerprint density at radius 2 is 2.04 bits per heavy atom. The molecule has 0 saturated heterocycles. The van der Waals surface area contributed by atoms with Crippen LogP contribution in [0.2, 0.25) is 0 Å². The van der Waals surface area contributed by atoms with Gasteiger partial charge in [0.15, 0.2) is 18.1 Å². The molecule has 1 N–H and O–H groups in total. The Morgan fingerprint density at radius 3 is 2.71 bits per heavy atom. The number of carbonyl (C=O) groups excluding carboxylic acids is 2. The molecular weight excluding hydrogens is 332 g/mol. The van der Waals surface area contributed by atoms with Gasteiger partial charge in [0.25, 0.3) is 5.91 Å². The smallest absolute Gasteiger partial charge is 0.337 e. The highest BCUT2D eigenvalue weighted by atomic mass is 32.1. The van der Waals surface area contributed by atoms with Gasteiger partial charge in [-0.05, 0) is 29.6 Å². The summed E-state index contributed by atoms with van der Waals surface area (Å²) in [5, 5.41) is 13.7. The molecule has 8 heteroatoms. The summed E-state index contributed by atoms with van der Waals surface area (Å²) in [5.74, 6) is -0.293. The van der Waals surface area contributed by atoms with Crippen LogP contribution in [0.5, 0.6) is 11.5 Å². The molecule has 2 aromatic rings. The lowest BCUT2D eigenvalue weighted by Crippen LogP contribution is -2.20. The van der Waals surface area contributed by atoms with Gasteiger partial charge in [0.1, 0.15) is 11.1 Å². The first-order chi connectivity index (χ1) is 11.6. The Morgan fingerprint density at radius 1 is 1.25 bits per heavy atom. The number of esters is 1. The molecule has 1 heterocycles. The molecule has 0 radical (unpaired) electrons. The third kappa shape index (κ3) is 4.02. The molecule has 124 valence electrons. The minimum atomic E-state index is -0.501. The second-order valence-corrected chi connectivity index (χ2v) is 5.39. The lowest BCUT2D eigenvalue weighted by molar-refractivity contribution is -0.118. The van der Waals surface area contributed by atoms with Gasteiger partial charge in [-0.15, -0.1) is 11.3 Å². The van der Waals surface area contributed by atoms with Gasteiger partial charge in [-0.2, -0.15) is 5.26 Å². The number of anilines is 1. The molecule has 0 aliphatic carbocycles. The van der Waals surface area contributed by atoms with Crippen molar-refractivity contribution in [2.45, 2.75) is 0 Å². The van der Waals surface area contributed by atoms with E-state index in [4.69, 9.17) is 14.7 Å². The highest BCUT2D eigenvalue weighted by Gasteiger charge is 2.13. The van der Waals surface area contributed by atoms with Gasteiger partial charge >= 0.3 is 5.97 Å². The summed E-state index contributed by atoms with van der Waals surface area (Å²) in [6.45, 7) is -0.267. The van der Waals surface area contributed by atoms with E-state index in [2.05, 4.69) is 10.1 Å².